The molecule has 0 aliphatic heterocycles. The lowest BCUT2D eigenvalue weighted by Gasteiger charge is -2.05. The third-order valence-electron chi connectivity index (χ3n) is 2.36. The van der Waals surface area contributed by atoms with Crippen LogP contribution < -0.4 is 4.74 Å². The van der Waals surface area contributed by atoms with Crippen LogP contribution in [0.2, 0.25) is 5.28 Å². The molecule has 100 valence electrons. The minimum Gasteiger partial charge on any atom is -0.494 e. The van der Waals surface area contributed by atoms with Gasteiger partial charge in [-0.05, 0) is 23.7 Å². The Bertz CT molecular complexity index is 555. The van der Waals surface area contributed by atoms with Crippen molar-refractivity contribution in [3.63, 3.8) is 0 Å². The van der Waals surface area contributed by atoms with E-state index in [0.29, 0.717) is 18.9 Å². The van der Waals surface area contributed by atoms with E-state index in [2.05, 4.69) is 10.1 Å². The summed E-state index contributed by atoms with van der Waals surface area (Å²) in [5.41, 5.74) is 0.0459. The van der Waals surface area contributed by atoms with Gasteiger partial charge in [-0.3, -0.25) is 14.8 Å². The first-order valence-electron chi connectivity index (χ1n) is 5.57. The first kappa shape index (κ1) is 13.3. The highest BCUT2D eigenvalue weighted by Crippen LogP contribution is 2.17. The molecule has 0 amide bonds. The molecule has 0 atom stereocenters. The van der Waals surface area contributed by atoms with Gasteiger partial charge in [0.1, 0.15) is 12.1 Å². The third-order valence-corrected chi connectivity index (χ3v) is 2.53. The molecule has 1 aromatic heterocycles. The highest BCUT2D eigenvalue weighted by atomic mass is 35.5. The quantitative estimate of drug-likeness (QED) is 0.461. The Labute approximate surface area is 113 Å². The van der Waals surface area contributed by atoms with Crippen LogP contribution in [0.1, 0.15) is 6.42 Å². The second-order valence-electron chi connectivity index (χ2n) is 3.73. The van der Waals surface area contributed by atoms with Gasteiger partial charge >= 0.3 is 0 Å². The van der Waals surface area contributed by atoms with E-state index in [0.717, 1.165) is 6.42 Å². The van der Waals surface area contributed by atoms with E-state index in [9.17, 15) is 10.1 Å². The van der Waals surface area contributed by atoms with Crippen LogP contribution >= 0.6 is 11.6 Å². The minimum atomic E-state index is -0.446. The summed E-state index contributed by atoms with van der Waals surface area (Å²) in [5.74, 6) is 0.599. The maximum atomic E-state index is 10.5. The van der Waals surface area contributed by atoms with Gasteiger partial charge in [-0.2, -0.15) is 0 Å². The maximum Gasteiger partial charge on any atom is 0.269 e. The molecule has 0 N–H and O–H groups in total. The molecule has 1 aromatic carbocycles. The van der Waals surface area contributed by atoms with Crippen molar-refractivity contribution < 1.29 is 9.66 Å². The predicted molar refractivity (Wildman–Crippen MR) is 68.2 cm³/mol. The van der Waals surface area contributed by atoms with Crippen molar-refractivity contribution in [1.82, 2.24) is 14.8 Å². The summed E-state index contributed by atoms with van der Waals surface area (Å²) in [6.45, 7) is 1.13. The number of halogens is 1. The second-order valence-corrected chi connectivity index (χ2v) is 4.07. The average Bonchev–Trinajstić information content (AvgIpc) is 2.81. The van der Waals surface area contributed by atoms with Gasteiger partial charge in [0.15, 0.2) is 0 Å². The van der Waals surface area contributed by atoms with Gasteiger partial charge in [0, 0.05) is 25.1 Å². The van der Waals surface area contributed by atoms with Gasteiger partial charge in [-0.15, -0.1) is 5.10 Å². The Kier molecular flexibility index (Phi) is 4.30. The molecule has 0 spiro atoms. The van der Waals surface area contributed by atoms with Crippen LogP contribution in [-0.2, 0) is 6.54 Å². The normalized spacial score (nSPS) is 10.4. The van der Waals surface area contributed by atoms with Crippen LogP contribution in [-0.4, -0.2) is 26.3 Å². The molecular formula is C11H11ClN4O3. The molecule has 0 aliphatic rings. The topological polar surface area (TPSA) is 83.1 Å². The second kappa shape index (κ2) is 6.14. The SMILES string of the molecule is O=[N+]([O-])c1ccc(OCCCn2cnc(Cl)n2)cc1. The Morgan fingerprint density at radius 1 is 1.37 bits per heavy atom. The summed E-state index contributed by atoms with van der Waals surface area (Å²) in [7, 11) is 0. The lowest BCUT2D eigenvalue weighted by atomic mass is 10.3. The van der Waals surface area contributed by atoms with E-state index in [1.807, 2.05) is 0 Å². The molecule has 0 aliphatic carbocycles. The fourth-order valence-corrected chi connectivity index (χ4v) is 1.60. The van der Waals surface area contributed by atoms with Gasteiger partial charge < -0.3 is 4.74 Å². The number of hydrogen-bond donors (Lipinski definition) is 0. The van der Waals surface area contributed by atoms with Crippen molar-refractivity contribution in [3.05, 3.63) is 46.0 Å². The standard InChI is InChI=1S/C11H11ClN4O3/c12-11-13-8-15(14-11)6-1-7-19-10-4-2-9(3-5-10)16(17)18/h2-5,8H,1,6-7H2. The molecule has 19 heavy (non-hydrogen) atoms. The van der Waals surface area contributed by atoms with E-state index < -0.39 is 4.92 Å². The number of ether oxygens (including phenoxy) is 1. The molecule has 0 saturated heterocycles. The fraction of sp³-hybridized carbons (Fsp3) is 0.273. The number of nitro groups is 1. The summed E-state index contributed by atoms with van der Waals surface area (Å²) in [6, 6.07) is 5.97. The van der Waals surface area contributed by atoms with Crippen LogP contribution in [0.15, 0.2) is 30.6 Å². The molecule has 0 radical (unpaired) electrons. The van der Waals surface area contributed by atoms with Gasteiger partial charge in [0.25, 0.3) is 5.69 Å². The fourth-order valence-electron chi connectivity index (χ4n) is 1.46. The number of non-ortho nitro benzene ring substituents is 1. The van der Waals surface area contributed by atoms with Crippen molar-refractivity contribution in [1.29, 1.82) is 0 Å². The van der Waals surface area contributed by atoms with Crippen LogP contribution in [0.25, 0.3) is 0 Å². The summed E-state index contributed by atoms with van der Waals surface area (Å²) >= 11 is 5.58. The zero-order chi connectivity index (χ0) is 13.7. The van der Waals surface area contributed by atoms with Crippen molar-refractivity contribution in [2.75, 3.05) is 6.61 Å². The summed E-state index contributed by atoms with van der Waals surface area (Å²) in [5, 5.41) is 14.6. The summed E-state index contributed by atoms with van der Waals surface area (Å²) in [4.78, 5) is 13.8. The van der Waals surface area contributed by atoms with E-state index in [-0.39, 0.29) is 11.0 Å². The van der Waals surface area contributed by atoms with E-state index in [1.54, 1.807) is 23.1 Å². The van der Waals surface area contributed by atoms with Gasteiger partial charge in [-0.1, -0.05) is 0 Å². The Morgan fingerprint density at radius 2 is 2.11 bits per heavy atom. The number of aryl methyl sites for hydroxylation is 1. The van der Waals surface area contributed by atoms with E-state index >= 15 is 0 Å². The molecule has 0 fully saturated rings. The monoisotopic (exact) mass is 282 g/mol. The smallest absolute Gasteiger partial charge is 0.269 e. The number of aromatic nitrogens is 3. The Morgan fingerprint density at radius 3 is 2.68 bits per heavy atom. The number of benzene rings is 1. The van der Waals surface area contributed by atoms with Crippen LogP contribution in [0.4, 0.5) is 5.69 Å². The number of nitrogens with zero attached hydrogens (tertiary/aromatic N) is 4. The largest absolute Gasteiger partial charge is 0.494 e. The molecule has 8 heteroatoms. The van der Waals surface area contributed by atoms with Crippen LogP contribution in [0, 0.1) is 10.1 Å². The molecule has 7 nitrogen and oxygen atoms in total. The molecule has 1 heterocycles. The third kappa shape index (κ3) is 3.92. The maximum absolute atomic E-state index is 10.5. The van der Waals surface area contributed by atoms with Crippen LogP contribution in [0.5, 0.6) is 5.75 Å². The zero-order valence-corrected chi connectivity index (χ0v) is 10.7. The van der Waals surface area contributed by atoms with Crippen molar-refractivity contribution >= 4 is 17.3 Å². The highest BCUT2D eigenvalue weighted by molar-refractivity contribution is 6.28. The van der Waals surface area contributed by atoms with E-state index in [1.165, 1.54) is 12.1 Å². The summed E-state index contributed by atoms with van der Waals surface area (Å²) < 4.78 is 7.08. The lowest BCUT2D eigenvalue weighted by molar-refractivity contribution is -0.384. The molecule has 0 bridgehead atoms. The molecule has 0 unspecified atom stereocenters. The van der Waals surface area contributed by atoms with Crippen molar-refractivity contribution in [3.8, 4) is 5.75 Å². The van der Waals surface area contributed by atoms with Crippen molar-refractivity contribution in [2.45, 2.75) is 13.0 Å². The van der Waals surface area contributed by atoms with E-state index in [4.69, 9.17) is 16.3 Å². The number of rotatable bonds is 6. The van der Waals surface area contributed by atoms with Crippen molar-refractivity contribution in [2.24, 2.45) is 0 Å². The first-order valence-corrected chi connectivity index (χ1v) is 5.95. The van der Waals surface area contributed by atoms with Gasteiger partial charge in [0.2, 0.25) is 5.28 Å². The molecule has 2 rings (SSSR count). The van der Waals surface area contributed by atoms with Crippen LogP contribution in [0.3, 0.4) is 0 Å². The summed E-state index contributed by atoms with van der Waals surface area (Å²) in [6.07, 6.45) is 2.28. The van der Waals surface area contributed by atoms with Gasteiger partial charge in [-0.25, -0.2) is 4.98 Å². The zero-order valence-electron chi connectivity index (χ0n) is 9.90. The number of hydrogen-bond acceptors (Lipinski definition) is 5. The minimum absolute atomic E-state index is 0.0459. The average molecular weight is 283 g/mol. The van der Waals surface area contributed by atoms with Gasteiger partial charge in [0.05, 0.1) is 11.5 Å². The molecule has 2 aromatic rings. The Balaban J connectivity index is 1.75. The first-order chi connectivity index (χ1) is 9.15. The molecule has 0 saturated carbocycles. The lowest BCUT2D eigenvalue weighted by Crippen LogP contribution is -2.05. The number of nitro benzene ring substituents is 1. The molecular weight excluding hydrogens is 272 g/mol. The Hall–Kier alpha value is -2.15. The highest BCUT2D eigenvalue weighted by Gasteiger charge is 2.04. The predicted octanol–water partition coefficient (Wildman–Crippen LogP) is 2.31.